The van der Waals surface area contributed by atoms with Crippen LogP contribution in [0.1, 0.15) is 36.4 Å². The van der Waals surface area contributed by atoms with Gasteiger partial charge in [0.2, 0.25) is 0 Å². The average molecular weight is 500 g/mol. The van der Waals surface area contributed by atoms with Gasteiger partial charge in [0.15, 0.2) is 0 Å². The molecule has 184 valence electrons. The molecule has 36 heavy (non-hydrogen) atoms. The number of amides is 1. The van der Waals surface area contributed by atoms with Gasteiger partial charge >= 0.3 is 0 Å². The van der Waals surface area contributed by atoms with Crippen molar-refractivity contribution in [2.75, 3.05) is 20.0 Å². The zero-order chi connectivity index (χ0) is 24.9. The molecule has 1 aromatic heterocycles. The number of aromatic nitrogens is 1. The van der Waals surface area contributed by atoms with Gasteiger partial charge in [0, 0.05) is 12.1 Å². The fourth-order valence-electron chi connectivity index (χ4n) is 4.88. The number of hydrazone groups is 1. The lowest BCUT2D eigenvalue weighted by Crippen LogP contribution is -2.32. The molecule has 1 amide bonds. The Morgan fingerprint density at radius 2 is 1.75 bits per heavy atom. The van der Waals surface area contributed by atoms with Crippen molar-refractivity contribution in [1.82, 2.24) is 9.99 Å². The highest BCUT2D eigenvalue weighted by molar-refractivity contribution is 7.99. The quantitative estimate of drug-likeness (QED) is 0.372. The van der Waals surface area contributed by atoms with Crippen molar-refractivity contribution in [2.24, 2.45) is 11.0 Å². The van der Waals surface area contributed by atoms with Gasteiger partial charge in [0.25, 0.3) is 5.91 Å². The molecule has 1 aliphatic heterocycles. The van der Waals surface area contributed by atoms with Crippen molar-refractivity contribution in [2.45, 2.75) is 30.3 Å². The lowest BCUT2D eigenvalue weighted by molar-refractivity contribution is -0.130. The van der Waals surface area contributed by atoms with E-state index in [1.165, 1.54) is 17.3 Å². The molecule has 5 rings (SSSR count). The monoisotopic (exact) mass is 499 g/mol. The molecule has 0 saturated heterocycles. The number of rotatable bonds is 7. The minimum absolute atomic E-state index is 0.0165. The van der Waals surface area contributed by atoms with Crippen LogP contribution in [0.4, 0.5) is 0 Å². The maximum atomic E-state index is 13.5. The van der Waals surface area contributed by atoms with Crippen molar-refractivity contribution in [1.29, 1.82) is 0 Å². The van der Waals surface area contributed by atoms with Crippen LogP contribution in [0, 0.1) is 5.92 Å². The molecular formula is C29H29N3O3S. The molecule has 2 aromatic carbocycles. The lowest BCUT2D eigenvalue weighted by atomic mass is 9.77. The summed E-state index contributed by atoms with van der Waals surface area (Å²) >= 11 is 1.44. The third-order valence-electron chi connectivity index (χ3n) is 6.65. The predicted molar refractivity (Wildman–Crippen MR) is 143 cm³/mol. The van der Waals surface area contributed by atoms with Crippen LogP contribution in [0.3, 0.4) is 0 Å². The summed E-state index contributed by atoms with van der Waals surface area (Å²) in [4.78, 5) is 17.9. The minimum atomic E-state index is -0.137. The lowest BCUT2D eigenvalue weighted by Gasteiger charge is -2.29. The topological polar surface area (TPSA) is 64.0 Å². The Hall–Kier alpha value is -3.58. The first kappa shape index (κ1) is 24.1. The van der Waals surface area contributed by atoms with Crippen molar-refractivity contribution < 1.29 is 14.3 Å². The fourth-order valence-corrected chi connectivity index (χ4v) is 5.59. The molecule has 0 N–H and O–H groups in total. The summed E-state index contributed by atoms with van der Waals surface area (Å²) in [5.74, 6) is 2.05. The molecule has 0 bridgehead atoms. The van der Waals surface area contributed by atoms with Gasteiger partial charge in [-0.25, -0.2) is 9.99 Å². The van der Waals surface area contributed by atoms with E-state index in [4.69, 9.17) is 14.6 Å². The van der Waals surface area contributed by atoms with E-state index in [0.29, 0.717) is 0 Å². The standard InChI is InChI=1S/C29H29N3O3S/c1-34-23-13-9-20(10-14-23)18-22-6-5-7-25-28(22)31-32(27(33)19-36-26-8-3-4-17-30-26)29(25)21-11-15-24(35-2)16-12-21/h3-4,8-18,25,29H,5-7,19H2,1-2H3/b22-18-/t25-,29-/m1/s1. The number of hydrogen-bond acceptors (Lipinski definition) is 6. The summed E-state index contributed by atoms with van der Waals surface area (Å²) < 4.78 is 10.7. The van der Waals surface area contributed by atoms with Crippen molar-refractivity contribution in [3.63, 3.8) is 0 Å². The van der Waals surface area contributed by atoms with E-state index in [9.17, 15) is 4.79 Å². The van der Waals surface area contributed by atoms with Gasteiger partial charge in [-0.1, -0.05) is 42.1 Å². The number of carbonyl (C=O) groups excluding carboxylic acids is 1. The fraction of sp³-hybridized carbons (Fsp3) is 0.276. The maximum Gasteiger partial charge on any atom is 0.253 e. The average Bonchev–Trinajstić information content (AvgIpc) is 3.33. The highest BCUT2D eigenvalue weighted by Crippen LogP contribution is 2.45. The summed E-state index contributed by atoms with van der Waals surface area (Å²) in [6.07, 6.45) is 6.94. The molecule has 0 spiro atoms. The van der Waals surface area contributed by atoms with Gasteiger partial charge in [0.1, 0.15) is 11.5 Å². The third kappa shape index (κ3) is 5.16. The summed E-state index contributed by atoms with van der Waals surface area (Å²) in [5, 5.41) is 7.52. The van der Waals surface area contributed by atoms with E-state index in [1.54, 1.807) is 25.4 Å². The smallest absolute Gasteiger partial charge is 0.253 e. The zero-order valence-electron chi connectivity index (χ0n) is 20.5. The second-order valence-electron chi connectivity index (χ2n) is 8.84. The van der Waals surface area contributed by atoms with Crippen molar-refractivity contribution in [3.05, 3.63) is 89.6 Å². The van der Waals surface area contributed by atoms with E-state index < -0.39 is 0 Å². The highest BCUT2D eigenvalue weighted by Gasteiger charge is 2.43. The molecule has 1 fully saturated rings. The second kappa shape index (κ2) is 11.0. The van der Waals surface area contributed by atoms with Crippen LogP contribution in [0.25, 0.3) is 6.08 Å². The van der Waals surface area contributed by atoms with E-state index in [0.717, 1.165) is 52.6 Å². The Bertz CT molecular complexity index is 1260. The number of ether oxygens (including phenoxy) is 2. The number of hydrogen-bond donors (Lipinski definition) is 0. The van der Waals surface area contributed by atoms with Crippen molar-refractivity contribution >= 4 is 29.5 Å². The van der Waals surface area contributed by atoms with Crippen LogP contribution < -0.4 is 9.47 Å². The van der Waals surface area contributed by atoms with Crippen LogP contribution in [0.5, 0.6) is 11.5 Å². The SMILES string of the molecule is COc1ccc(/C=C2/CCC[C@@H]3C2=NN(C(=O)CSc2ccccn2)[C@@H]3c2ccc(OC)cc2)cc1. The Morgan fingerprint density at radius 3 is 2.42 bits per heavy atom. The Morgan fingerprint density at radius 1 is 1.03 bits per heavy atom. The van der Waals surface area contributed by atoms with Crippen LogP contribution in [-0.4, -0.2) is 41.6 Å². The van der Waals surface area contributed by atoms with Crippen molar-refractivity contribution in [3.8, 4) is 11.5 Å². The van der Waals surface area contributed by atoms with Crippen LogP contribution in [0.15, 0.2) is 88.6 Å². The zero-order valence-corrected chi connectivity index (χ0v) is 21.3. The summed E-state index contributed by atoms with van der Waals surface area (Å²) in [6.45, 7) is 0. The van der Waals surface area contributed by atoms with E-state index in [1.807, 2.05) is 42.5 Å². The highest BCUT2D eigenvalue weighted by atomic mass is 32.2. The molecule has 7 heteroatoms. The number of benzene rings is 2. The van der Waals surface area contributed by atoms with Gasteiger partial charge in [0.05, 0.1) is 36.8 Å². The number of pyridine rings is 1. The predicted octanol–water partition coefficient (Wildman–Crippen LogP) is 6.01. The molecule has 1 saturated carbocycles. The number of allylic oxidation sites excluding steroid dienone is 1. The van der Waals surface area contributed by atoms with E-state index in [2.05, 4.69) is 35.3 Å². The van der Waals surface area contributed by atoms with E-state index in [-0.39, 0.29) is 23.6 Å². The van der Waals surface area contributed by atoms with Crippen LogP contribution in [-0.2, 0) is 4.79 Å². The summed E-state index contributed by atoms with van der Waals surface area (Å²) in [5.41, 5.74) is 4.39. The summed E-state index contributed by atoms with van der Waals surface area (Å²) in [7, 11) is 3.33. The number of carbonyl (C=O) groups is 1. The van der Waals surface area contributed by atoms with Gasteiger partial charge < -0.3 is 9.47 Å². The van der Waals surface area contributed by atoms with Gasteiger partial charge in [-0.15, -0.1) is 0 Å². The Kier molecular flexibility index (Phi) is 7.37. The minimum Gasteiger partial charge on any atom is -0.497 e. The number of thioether (sulfide) groups is 1. The molecule has 6 nitrogen and oxygen atoms in total. The van der Waals surface area contributed by atoms with Gasteiger partial charge in [-0.3, -0.25) is 4.79 Å². The first-order chi connectivity index (χ1) is 17.7. The molecule has 3 aromatic rings. The summed E-state index contributed by atoms with van der Waals surface area (Å²) in [6, 6.07) is 21.6. The van der Waals surface area contributed by atoms with Crippen LogP contribution >= 0.6 is 11.8 Å². The van der Waals surface area contributed by atoms with Gasteiger partial charge in [-0.2, -0.15) is 5.10 Å². The molecule has 2 aliphatic rings. The molecule has 2 atom stereocenters. The third-order valence-corrected chi connectivity index (χ3v) is 7.58. The molecule has 0 radical (unpaired) electrons. The largest absolute Gasteiger partial charge is 0.497 e. The molecule has 1 aliphatic carbocycles. The normalized spacial score (nSPS) is 20.1. The first-order valence-electron chi connectivity index (χ1n) is 12.1. The van der Waals surface area contributed by atoms with Gasteiger partial charge in [-0.05, 0) is 78.4 Å². The second-order valence-corrected chi connectivity index (χ2v) is 9.84. The number of nitrogens with zero attached hydrogens (tertiary/aromatic N) is 3. The van der Waals surface area contributed by atoms with E-state index >= 15 is 0 Å². The number of methoxy groups -OCH3 is 2. The molecule has 0 unspecified atom stereocenters. The Balaban J connectivity index is 1.46. The van der Waals surface area contributed by atoms with Crippen LogP contribution in [0.2, 0.25) is 0 Å². The first-order valence-corrected chi connectivity index (χ1v) is 13.1. The Labute approximate surface area is 216 Å². The number of fused-ring (bicyclic) bond motifs is 1. The molecule has 2 heterocycles. The molecular weight excluding hydrogens is 470 g/mol. The maximum absolute atomic E-state index is 13.5.